The molecule has 2 N–H and O–H groups in total. The molecule has 10 heteroatoms. The van der Waals surface area contributed by atoms with Gasteiger partial charge in [0, 0.05) is 42.3 Å². The number of nitrogens with zero attached hydrogens (tertiary/aromatic N) is 3. The van der Waals surface area contributed by atoms with Crippen LogP contribution in [0.25, 0.3) is 10.9 Å². The Morgan fingerprint density at radius 3 is 2.54 bits per heavy atom. The van der Waals surface area contributed by atoms with Crippen LogP contribution < -0.4 is 15.4 Å². The number of halogens is 3. The molecule has 3 aromatic rings. The molecule has 0 spiro atoms. The molecular weight excluding hydrogens is 531 g/mol. The van der Waals surface area contributed by atoms with E-state index in [1.807, 2.05) is 6.07 Å². The van der Waals surface area contributed by atoms with E-state index in [4.69, 9.17) is 14.7 Å². The lowest BCUT2D eigenvalue weighted by Gasteiger charge is -2.39. The minimum Gasteiger partial charge on any atom is -0.495 e. The lowest BCUT2D eigenvalue weighted by atomic mass is 9.89. The minimum atomic E-state index is -4.39. The quantitative estimate of drug-likeness (QED) is 0.363. The van der Waals surface area contributed by atoms with E-state index in [0.29, 0.717) is 34.3 Å². The van der Waals surface area contributed by atoms with Gasteiger partial charge in [0.2, 0.25) is 0 Å². The first-order valence-electron chi connectivity index (χ1n) is 13.9. The van der Waals surface area contributed by atoms with Gasteiger partial charge in [0.1, 0.15) is 12.3 Å². The summed E-state index contributed by atoms with van der Waals surface area (Å²) in [7, 11) is 1.50. The molecule has 2 heterocycles. The van der Waals surface area contributed by atoms with Crippen molar-refractivity contribution in [1.29, 1.82) is 5.26 Å². The fraction of sp³-hybridized carbons (Fsp3) is 0.452. The Balaban J connectivity index is 1.32. The van der Waals surface area contributed by atoms with Crippen molar-refractivity contribution in [3.05, 3.63) is 53.7 Å². The second-order valence-electron chi connectivity index (χ2n) is 10.4. The van der Waals surface area contributed by atoms with Crippen LogP contribution in [0.5, 0.6) is 5.75 Å². The van der Waals surface area contributed by atoms with Crippen molar-refractivity contribution in [1.82, 2.24) is 9.47 Å². The Hall–Kier alpha value is -3.86. The third kappa shape index (κ3) is 7.08. The van der Waals surface area contributed by atoms with Crippen molar-refractivity contribution in [3.63, 3.8) is 0 Å². The molecule has 0 radical (unpaired) electrons. The summed E-state index contributed by atoms with van der Waals surface area (Å²) in [5.41, 5.74) is 2.74. The van der Waals surface area contributed by atoms with Crippen molar-refractivity contribution in [3.8, 4) is 23.7 Å². The molecule has 1 saturated carbocycles. The highest BCUT2D eigenvalue weighted by atomic mass is 19.4. The number of rotatable bonds is 7. The molecule has 1 aromatic heterocycles. The number of nitrogens with one attached hydrogen (secondary N) is 2. The number of ether oxygens (including phenoxy) is 2. The molecule has 0 amide bonds. The average molecular weight is 566 g/mol. The third-order valence-corrected chi connectivity index (χ3v) is 7.82. The number of nitriles is 1. The molecule has 1 saturated heterocycles. The van der Waals surface area contributed by atoms with E-state index < -0.39 is 12.7 Å². The van der Waals surface area contributed by atoms with Gasteiger partial charge in [-0.05, 0) is 61.9 Å². The normalized spacial score (nSPS) is 19.7. The van der Waals surface area contributed by atoms with Crippen LogP contribution in [0, 0.1) is 23.2 Å². The molecule has 7 nitrogen and oxygen atoms in total. The van der Waals surface area contributed by atoms with E-state index in [1.54, 1.807) is 36.4 Å². The molecule has 0 atom stereocenters. The number of anilines is 2. The number of alkyl halides is 3. The average Bonchev–Trinajstić information content (AvgIpc) is 3.32. The molecule has 5 rings (SSSR count). The van der Waals surface area contributed by atoms with Crippen molar-refractivity contribution >= 4 is 22.3 Å². The smallest absolute Gasteiger partial charge is 0.406 e. The van der Waals surface area contributed by atoms with Crippen LogP contribution in [0.1, 0.15) is 36.9 Å². The van der Waals surface area contributed by atoms with Crippen molar-refractivity contribution in [2.75, 3.05) is 50.6 Å². The molecule has 0 bridgehead atoms. The summed E-state index contributed by atoms with van der Waals surface area (Å²) in [6, 6.07) is 15.1. The van der Waals surface area contributed by atoms with Crippen LogP contribution in [0.2, 0.25) is 0 Å². The van der Waals surface area contributed by atoms with E-state index in [2.05, 4.69) is 33.4 Å². The number of hydrogen-bond acceptors (Lipinski definition) is 6. The maximum atomic E-state index is 13.6. The first-order valence-corrected chi connectivity index (χ1v) is 13.9. The van der Waals surface area contributed by atoms with E-state index in [0.717, 1.165) is 63.1 Å². The molecule has 2 aliphatic rings. The largest absolute Gasteiger partial charge is 0.495 e. The van der Waals surface area contributed by atoms with Gasteiger partial charge in [-0.2, -0.15) is 18.4 Å². The van der Waals surface area contributed by atoms with Crippen LogP contribution in [0.15, 0.2) is 42.5 Å². The minimum absolute atomic E-state index is 0.188. The fourth-order valence-electron chi connectivity index (χ4n) is 5.79. The number of hydrogen-bond donors (Lipinski definition) is 2. The Labute approximate surface area is 238 Å². The van der Waals surface area contributed by atoms with Gasteiger partial charge in [-0.1, -0.05) is 12.0 Å². The highest BCUT2D eigenvalue weighted by Gasteiger charge is 2.30. The Morgan fingerprint density at radius 2 is 1.83 bits per heavy atom. The van der Waals surface area contributed by atoms with E-state index in [9.17, 15) is 13.2 Å². The summed E-state index contributed by atoms with van der Waals surface area (Å²) in [4.78, 5) is 2.52. The van der Waals surface area contributed by atoms with Crippen molar-refractivity contribution < 1.29 is 22.6 Å². The number of aromatic nitrogens is 1. The third-order valence-electron chi connectivity index (χ3n) is 7.82. The lowest BCUT2D eigenvalue weighted by molar-refractivity contribution is -0.140. The molecule has 1 aliphatic heterocycles. The molecule has 216 valence electrons. The predicted molar refractivity (Wildman–Crippen MR) is 153 cm³/mol. The molecule has 2 fully saturated rings. The fourth-order valence-corrected chi connectivity index (χ4v) is 5.79. The van der Waals surface area contributed by atoms with Crippen LogP contribution in [-0.2, 0) is 11.3 Å². The first kappa shape index (κ1) is 28.7. The van der Waals surface area contributed by atoms with E-state index in [-0.39, 0.29) is 12.6 Å². The number of morpholine rings is 1. The van der Waals surface area contributed by atoms with Gasteiger partial charge >= 0.3 is 6.18 Å². The van der Waals surface area contributed by atoms with Gasteiger partial charge in [0.25, 0.3) is 0 Å². The zero-order valence-corrected chi connectivity index (χ0v) is 23.1. The van der Waals surface area contributed by atoms with Gasteiger partial charge in [-0.3, -0.25) is 4.90 Å². The zero-order valence-electron chi connectivity index (χ0n) is 23.1. The Bertz CT molecular complexity index is 1450. The molecule has 41 heavy (non-hydrogen) atoms. The van der Waals surface area contributed by atoms with Gasteiger partial charge in [-0.25, -0.2) is 0 Å². The number of benzene rings is 2. The number of methoxy groups -OCH3 is 1. The van der Waals surface area contributed by atoms with Gasteiger partial charge in [0.05, 0.1) is 55.4 Å². The maximum Gasteiger partial charge on any atom is 0.406 e. The second kappa shape index (κ2) is 12.8. The summed E-state index contributed by atoms with van der Waals surface area (Å²) >= 11 is 0. The van der Waals surface area contributed by atoms with Crippen LogP contribution >= 0.6 is 0 Å². The predicted octanol–water partition coefficient (Wildman–Crippen LogP) is 5.60. The number of fused-ring (bicyclic) bond motifs is 1. The maximum absolute atomic E-state index is 13.6. The second-order valence-corrected chi connectivity index (χ2v) is 10.4. The summed E-state index contributed by atoms with van der Waals surface area (Å²) < 4.78 is 52.9. The van der Waals surface area contributed by atoms with Crippen LogP contribution in [-0.4, -0.2) is 67.7 Å². The van der Waals surface area contributed by atoms with E-state index >= 15 is 0 Å². The van der Waals surface area contributed by atoms with Gasteiger partial charge < -0.3 is 24.7 Å². The Morgan fingerprint density at radius 1 is 1.05 bits per heavy atom. The van der Waals surface area contributed by atoms with E-state index in [1.165, 1.54) is 11.7 Å². The van der Waals surface area contributed by atoms with Gasteiger partial charge in [0.15, 0.2) is 0 Å². The molecular formula is C31H34F3N5O2. The van der Waals surface area contributed by atoms with Gasteiger partial charge in [-0.15, -0.1) is 0 Å². The first-order chi connectivity index (χ1) is 19.8. The monoisotopic (exact) mass is 565 g/mol. The van der Waals surface area contributed by atoms with Crippen molar-refractivity contribution in [2.45, 2.75) is 50.5 Å². The summed E-state index contributed by atoms with van der Waals surface area (Å²) in [5.74, 6) is 6.38. The summed E-state index contributed by atoms with van der Waals surface area (Å²) in [6.07, 6.45) is -0.178. The SMILES string of the molecule is COc1cc(C#N)ccc1NCC#Cc1cc2c(NC3CCC(N4CCOCC4)CC3)cccc2n1CC(F)(F)F. The molecule has 2 aromatic carbocycles. The molecule has 1 aliphatic carbocycles. The van der Waals surface area contributed by atoms with Crippen LogP contribution in [0.4, 0.5) is 24.5 Å². The summed E-state index contributed by atoms with van der Waals surface area (Å²) in [6.45, 7) is 2.61. The highest BCUT2D eigenvalue weighted by Crippen LogP contribution is 2.33. The van der Waals surface area contributed by atoms with Crippen molar-refractivity contribution in [2.24, 2.45) is 0 Å². The summed E-state index contributed by atoms with van der Waals surface area (Å²) in [5, 5.41) is 16.6. The zero-order chi connectivity index (χ0) is 28.8. The standard InChI is InChI=1S/C31H34F3N5O2/c1-40-30-18-22(20-35)7-12-28(30)36-13-3-4-25-19-26-27(5-2-6-29(26)39(25)21-31(32,33)34)37-23-8-10-24(11-9-23)38-14-16-41-17-15-38/h2,5-7,12,18-19,23-24,36-37H,8-11,13-17,21H2,1H3. The molecule has 0 unspecified atom stereocenters. The lowest BCUT2D eigenvalue weighted by Crippen LogP contribution is -2.46. The Kier molecular flexibility index (Phi) is 8.92. The highest BCUT2D eigenvalue weighted by molar-refractivity contribution is 5.94. The van der Waals surface area contributed by atoms with Crippen LogP contribution in [0.3, 0.4) is 0 Å². The topological polar surface area (TPSA) is 74.5 Å².